The molecule has 0 saturated heterocycles. The van der Waals surface area contributed by atoms with Crippen LogP contribution in [0.1, 0.15) is 21.5 Å². The molecule has 0 fully saturated rings. The number of amides is 1. The van der Waals surface area contributed by atoms with Gasteiger partial charge < -0.3 is 11.1 Å². The average molecular weight is 465 g/mol. The first-order chi connectivity index (χ1) is 17.0. The van der Waals surface area contributed by atoms with Gasteiger partial charge in [0.05, 0.1) is 22.2 Å². The first-order valence-electron chi connectivity index (χ1n) is 10.7. The fourth-order valence-corrected chi connectivity index (χ4v) is 3.70. The van der Waals surface area contributed by atoms with Crippen LogP contribution in [-0.2, 0) is 6.54 Å². The van der Waals surface area contributed by atoms with Crippen molar-refractivity contribution in [2.75, 3.05) is 5.73 Å². The van der Waals surface area contributed by atoms with E-state index in [1.807, 2.05) is 42.5 Å². The van der Waals surface area contributed by atoms with Crippen molar-refractivity contribution >= 4 is 45.8 Å². The minimum absolute atomic E-state index is 0.0579. The Kier molecular flexibility index (Phi) is 5.60. The number of carbonyl (C=O) groups is 1. The van der Waals surface area contributed by atoms with Gasteiger partial charge in [-0.15, -0.1) is 0 Å². The maximum atomic E-state index is 13.2. The van der Waals surface area contributed by atoms with Gasteiger partial charge in [0, 0.05) is 24.2 Å². The van der Waals surface area contributed by atoms with E-state index >= 15 is 0 Å². The van der Waals surface area contributed by atoms with Crippen molar-refractivity contribution in [2.24, 2.45) is 5.10 Å². The number of fused-ring (bicyclic) bond motifs is 2. The van der Waals surface area contributed by atoms with E-state index in [9.17, 15) is 14.9 Å². The van der Waals surface area contributed by atoms with Gasteiger partial charge in [-0.05, 0) is 17.7 Å². The predicted molar refractivity (Wildman–Crippen MR) is 133 cm³/mol. The van der Waals surface area contributed by atoms with Gasteiger partial charge in [0.25, 0.3) is 11.6 Å². The number of anilines is 1. The lowest BCUT2D eigenvalue weighted by Crippen LogP contribution is -2.23. The van der Waals surface area contributed by atoms with Crippen LogP contribution in [0.25, 0.3) is 22.2 Å². The largest absolute Gasteiger partial charge is 0.383 e. The average Bonchev–Trinajstić information content (AvgIpc) is 3.15. The number of hydrogen-bond acceptors (Lipinski definition) is 7. The lowest BCUT2D eigenvalue weighted by atomic mass is 10.2. The summed E-state index contributed by atoms with van der Waals surface area (Å²) in [7, 11) is 0. The van der Waals surface area contributed by atoms with E-state index in [2.05, 4.69) is 20.4 Å². The molecule has 1 amide bonds. The van der Waals surface area contributed by atoms with Crippen molar-refractivity contribution in [2.45, 2.75) is 6.54 Å². The first-order valence-corrected chi connectivity index (χ1v) is 10.7. The summed E-state index contributed by atoms with van der Waals surface area (Å²) in [4.78, 5) is 33.1. The summed E-state index contributed by atoms with van der Waals surface area (Å²) in [6.45, 7) is 0.309. The van der Waals surface area contributed by atoms with Gasteiger partial charge in [-0.2, -0.15) is 9.78 Å². The molecule has 2 aromatic heterocycles. The van der Waals surface area contributed by atoms with Crippen molar-refractivity contribution in [3.05, 3.63) is 106 Å². The molecule has 0 bridgehead atoms. The lowest BCUT2D eigenvalue weighted by Gasteiger charge is -2.05. The van der Waals surface area contributed by atoms with Crippen LogP contribution in [0.2, 0.25) is 0 Å². The molecular formula is C25H19N7O3. The number of benzene rings is 3. The second-order valence-electron chi connectivity index (χ2n) is 7.72. The number of non-ortho nitro benzene ring substituents is 1. The molecule has 10 nitrogen and oxygen atoms in total. The third-order valence-electron chi connectivity index (χ3n) is 5.40. The van der Waals surface area contributed by atoms with Gasteiger partial charge in [-0.25, -0.2) is 9.97 Å². The number of nitrogens with two attached hydrogens (primary N) is 1. The summed E-state index contributed by atoms with van der Waals surface area (Å²) in [5.74, 6) is -0.354. The smallest absolute Gasteiger partial charge is 0.270 e. The molecule has 2 heterocycles. The second-order valence-corrected chi connectivity index (χ2v) is 7.72. The Morgan fingerprint density at radius 2 is 1.74 bits per heavy atom. The van der Waals surface area contributed by atoms with Gasteiger partial charge in [-0.1, -0.05) is 54.6 Å². The van der Waals surface area contributed by atoms with Crippen LogP contribution >= 0.6 is 0 Å². The van der Waals surface area contributed by atoms with Crippen molar-refractivity contribution < 1.29 is 9.72 Å². The maximum absolute atomic E-state index is 13.2. The molecular weight excluding hydrogens is 446 g/mol. The van der Waals surface area contributed by atoms with E-state index in [1.165, 1.54) is 23.0 Å². The molecule has 0 radical (unpaired) electrons. The molecule has 10 heteroatoms. The number of carbonyl (C=O) groups excluding carboxylic acids is 1. The minimum Gasteiger partial charge on any atom is -0.383 e. The van der Waals surface area contributed by atoms with Crippen LogP contribution in [0.5, 0.6) is 0 Å². The summed E-state index contributed by atoms with van der Waals surface area (Å²) in [6.07, 6.45) is 1.42. The molecule has 0 atom stereocenters. The summed E-state index contributed by atoms with van der Waals surface area (Å²) in [5, 5.41) is 18.4. The maximum Gasteiger partial charge on any atom is 0.270 e. The molecule has 0 aliphatic rings. The topological polar surface area (TPSA) is 141 Å². The fourth-order valence-electron chi connectivity index (χ4n) is 3.70. The Hall–Kier alpha value is -5.12. The van der Waals surface area contributed by atoms with Gasteiger partial charge in [0.15, 0.2) is 5.65 Å². The molecule has 0 aliphatic carbocycles. The third-order valence-corrected chi connectivity index (χ3v) is 5.40. The van der Waals surface area contributed by atoms with E-state index in [-0.39, 0.29) is 17.1 Å². The monoisotopic (exact) mass is 465 g/mol. The zero-order chi connectivity index (χ0) is 24.4. The number of nitrogens with zero attached hydrogens (tertiary/aromatic N) is 5. The zero-order valence-electron chi connectivity index (χ0n) is 18.3. The molecule has 5 rings (SSSR count). The highest BCUT2D eigenvalue weighted by atomic mass is 16.6. The Labute approximate surface area is 198 Å². The summed E-state index contributed by atoms with van der Waals surface area (Å²) in [6, 6.07) is 22.8. The first kappa shape index (κ1) is 21.7. The third kappa shape index (κ3) is 4.27. The van der Waals surface area contributed by atoms with Gasteiger partial charge >= 0.3 is 0 Å². The molecule has 172 valence electrons. The molecule has 0 unspecified atom stereocenters. The molecule has 35 heavy (non-hydrogen) atoms. The van der Waals surface area contributed by atoms with Crippen LogP contribution in [-0.4, -0.2) is 31.7 Å². The second kappa shape index (κ2) is 9.02. The number of para-hydroxylation sites is 2. The van der Waals surface area contributed by atoms with Crippen LogP contribution in [0.4, 0.5) is 11.5 Å². The molecule has 3 N–H and O–H groups in total. The Morgan fingerprint density at radius 1 is 1.03 bits per heavy atom. The SMILES string of the molecule is Nc1c(C(=O)NCc2ccccc2)c2nc3ccccc3nc2n1/N=C\c1cccc([N+](=O)[O-])c1. The van der Waals surface area contributed by atoms with E-state index < -0.39 is 10.8 Å². The van der Waals surface area contributed by atoms with Gasteiger partial charge in [0.1, 0.15) is 16.9 Å². The van der Waals surface area contributed by atoms with Gasteiger partial charge in [-0.3, -0.25) is 14.9 Å². The van der Waals surface area contributed by atoms with Crippen LogP contribution in [0.3, 0.4) is 0 Å². The molecule has 0 saturated carbocycles. The number of hydrogen-bond donors (Lipinski definition) is 2. The van der Waals surface area contributed by atoms with Crippen LogP contribution < -0.4 is 11.1 Å². The van der Waals surface area contributed by atoms with Crippen molar-refractivity contribution in [1.82, 2.24) is 20.0 Å². The number of nitro benzene ring substituents is 1. The number of nitrogens with one attached hydrogen (secondary N) is 1. The number of nitrogen functional groups attached to an aromatic ring is 1. The Balaban J connectivity index is 1.59. The number of nitro groups is 1. The molecule has 0 spiro atoms. The van der Waals surface area contributed by atoms with Gasteiger partial charge in [0.2, 0.25) is 0 Å². The minimum atomic E-state index is -0.483. The summed E-state index contributed by atoms with van der Waals surface area (Å²) < 4.78 is 1.32. The van der Waals surface area contributed by atoms with E-state index in [0.717, 1.165) is 5.56 Å². The summed E-state index contributed by atoms with van der Waals surface area (Å²) in [5.41, 5.74) is 9.74. The van der Waals surface area contributed by atoms with Crippen LogP contribution in [0.15, 0.2) is 84.0 Å². The highest BCUT2D eigenvalue weighted by molar-refractivity contribution is 6.10. The van der Waals surface area contributed by atoms with E-state index in [1.54, 1.807) is 24.3 Å². The zero-order valence-corrected chi connectivity index (χ0v) is 18.3. The Morgan fingerprint density at radius 3 is 2.49 bits per heavy atom. The van der Waals surface area contributed by atoms with Crippen molar-refractivity contribution in [3.8, 4) is 0 Å². The highest BCUT2D eigenvalue weighted by Crippen LogP contribution is 2.28. The lowest BCUT2D eigenvalue weighted by molar-refractivity contribution is -0.384. The quantitative estimate of drug-likeness (QED) is 0.221. The Bertz CT molecular complexity index is 1610. The predicted octanol–water partition coefficient (Wildman–Crippen LogP) is 3.89. The molecule has 0 aliphatic heterocycles. The van der Waals surface area contributed by atoms with E-state index in [4.69, 9.17) is 5.73 Å². The standard InChI is InChI=1S/C25H19N7O3/c26-23-21(25(33)27-14-16-7-2-1-3-8-16)22-24(30-20-12-5-4-11-19(20)29-22)31(23)28-15-17-9-6-10-18(13-17)32(34)35/h1-13,15H,14,26H2,(H,27,33)/b28-15-. The molecule has 5 aromatic rings. The number of rotatable bonds is 6. The highest BCUT2D eigenvalue weighted by Gasteiger charge is 2.24. The normalized spacial score (nSPS) is 11.3. The van der Waals surface area contributed by atoms with Crippen LogP contribution in [0, 0.1) is 10.1 Å². The van der Waals surface area contributed by atoms with Crippen molar-refractivity contribution in [1.29, 1.82) is 0 Å². The fraction of sp³-hybridized carbons (Fsp3) is 0.0400. The van der Waals surface area contributed by atoms with E-state index in [0.29, 0.717) is 34.3 Å². The molecule has 3 aromatic carbocycles. The number of aromatic nitrogens is 3. The summed E-state index contributed by atoms with van der Waals surface area (Å²) >= 11 is 0. The van der Waals surface area contributed by atoms with Crippen molar-refractivity contribution in [3.63, 3.8) is 0 Å².